The Kier molecular flexibility index (Phi) is 6.36. The topological polar surface area (TPSA) is 87.6 Å². The number of carbonyl (C=O) groups is 1. The van der Waals surface area contributed by atoms with Crippen LogP contribution in [0.2, 0.25) is 0 Å². The summed E-state index contributed by atoms with van der Waals surface area (Å²) in [5, 5.41) is 4.30. The van der Waals surface area contributed by atoms with Crippen LogP contribution in [0.4, 0.5) is 0 Å². The van der Waals surface area contributed by atoms with Crippen LogP contribution in [0, 0.1) is 0 Å². The normalized spacial score (nSPS) is 19.0. The molecule has 0 bridgehead atoms. The lowest BCUT2D eigenvalue weighted by Crippen LogP contribution is -2.35. The molecule has 142 valence electrons. The summed E-state index contributed by atoms with van der Waals surface area (Å²) in [6.45, 7) is -0.357. The molecule has 1 atom stereocenters. The van der Waals surface area contributed by atoms with E-state index < -0.39 is 15.9 Å². The number of hydrogen-bond donors (Lipinski definition) is 2. The molecule has 1 amide bonds. The van der Waals surface area contributed by atoms with E-state index in [1.165, 1.54) is 17.7 Å². The van der Waals surface area contributed by atoms with Crippen molar-refractivity contribution in [3.63, 3.8) is 0 Å². The first-order valence-corrected chi connectivity index (χ1v) is 10.5. The van der Waals surface area contributed by atoms with Crippen molar-refractivity contribution in [1.82, 2.24) is 10.1 Å². The Balaban J connectivity index is 1.60. The lowest BCUT2D eigenvalue weighted by atomic mass is 9.82. The SMILES string of the molecule is O=C(CNS(=O)(=O)c1ccccc1)N/N=C1/CCCC[C@H]1c1ccccc1. The fourth-order valence-corrected chi connectivity index (χ4v) is 4.19. The van der Waals surface area contributed by atoms with E-state index in [2.05, 4.69) is 27.4 Å². The van der Waals surface area contributed by atoms with Gasteiger partial charge in [0.1, 0.15) is 0 Å². The maximum absolute atomic E-state index is 12.2. The maximum Gasteiger partial charge on any atom is 0.255 e. The first-order chi connectivity index (χ1) is 13.1. The Morgan fingerprint density at radius 1 is 1.00 bits per heavy atom. The standard InChI is InChI=1S/C20H23N3O3S/c24-20(15-21-27(25,26)17-11-5-2-6-12-17)23-22-19-14-8-7-13-18(19)16-9-3-1-4-10-16/h1-6,9-12,18,21H,7-8,13-15H2,(H,23,24)/b22-19-/t18-/m0/s1. The monoisotopic (exact) mass is 385 g/mol. The van der Waals surface area contributed by atoms with Crippen LogP contribution in [0.5, 0.6) is 0 Å². The van der Waals surface area contributed by atoms with Gasteiger partial charge in [-0.05, 0) is 37.0 Å². The molecule has 2 aromatic rings. The number of rotatable bonds is 6. The molecule has 1 saturated carbocycles. The summed E-state index contributed by atoms with van der Waals surface area (Å²) >= 11 is 0. The van der Waals surface area contributed by atoms with Crippen molar-refractivity contribution in [2.75, 3.05) is 6.54 Å². The van der Waals surface area contributed by atoms with E-state index in [-0.39, 0.29) is 17.4 Å². The van der Waals surface area contributed by atoms with Crippen molar-refractivity contribution in [1.29, 1.82) is 0 Å². The third-order valence-corrected chi connectivity index (χ3v) is 6.00. The minimum absolute atomic E-state index is 0.125. The van der Waals surface area contributed by atoms with Crippen LogP contribution in [0.25, 0.3) is 0 Å². The number of hydrogen-bond acceptors (Lipinski definition) is 4. The molecule has 1 aliphatic carbocycles. The van der Waals surface area contributed by atoms with Gasteiger partial charge in [0.2, 0.25) is 10.0 Å². The number of amides is 1. The molecule has 3 rings (SSSR count). The van der Waals surface area contributed by atoms with Crippen LogP contribution in [-0.2, 0) is 14.8 Å². The molecule has 2 aromatic carbocycles. The van der Waals surface area contributed by atoms with Gasteiger partial charge in [0, 0.05) is 11.6 Å². The fourth-order valence-electron chi connectivity index (χ4n) is 3.19. The Labute approximate surface area is 159 Å². The molecule has 0 unspecified atom stereocenters. The summed E-state index contributed by atoms with van der Waals surface area (Å²) in [7, 11) is -3.71. The van der Waals surface area contributed by atoms with E-state index in [4.69, 9.17) is 0 Å². The van der Waals surface area contributed by atoms with Gasteiger partial charge in [0.25, 0.3) is 5.91 Å². The van der Waals surface area contributed by atoms with Gasteiger partial charge in [-0.25, -0.2) is 18.6 Å². The number of nitrogens with zero attached hydrogens (tertiary/aromatic N) is 1. The minimum atomic E-state index is -3.71. The van der Waals surface area contributed by atoms with Gasteiger partial charge in [-0.15, -0.1) is 0 Å². The molecule has 6 nitrogen and oxygen atoms in total. The van der Waals surface area contributed by atoms with Gasteiger partial charge in [-0.1, -0.05) is 55.0 Å². The van der Waals surface area contributed by atoms with Gasteiger partial charge in [-0.3, -0.25) is 4.79 Å². The highest BCUT2D eigenvalue weighted by molar-refractivity contribution is 7.89. The van der Waals surface area contributed by atoms with E-state index in [1.54, 1.807) is 18.2 Å². The van der Waals surface area contributed by atoms with Crippen LogP contribution < -0.4 is 10.1 Å². The van der Waals surface area contributed by atoms with Gasteiger partial charge >= 0.3 is 0 Å². The molecule has 27 heavy (non-hydrogen) atoms. The van der Waals surface area contributed by atoms with Crippen molar-refractivity contribution in [2.45, 2.75) is 36.5 Å². The molecule has 0 heterocycles. The summed E-state index contributed by atoms with van der Waals surface area (Å²) in [6.07, 6.45) is 4.00. The zero-order valence-corrected chi connectivity index (χ0v) is 15.8. The molecule has 1 aliphatic rings. The lowest BCUT2D eigenvalue weighted by molar-refractivity contribution is -0.119. The quantitative estimate of drug-likeness (QED) is 0.750. The highest BCUT2D eigenvalue weighted by Gasteiger charge is 2.22. The van der Waals surface area contributed by atoms with E-state index in [0.29, 0.717) is 0 Å². The van der Waals surface area contributed by atoms with Crippen LogP contribution in [0.15, 0.2) is 70.7 Å². The third-order valence-electron chi connectivity index (χ3n) is 4.58. The summed E-state index contributed by atoms with van der Waals surface area (Å²) < 4.78 is 26.6. The van der Waals surface area contributed by atoms with Crippen molar-refractivity contribution < 1.29 is 13.2 Å². The first kappa shape index (κ1) is 19.3. The largest absolute Gasteiger partial charge is 0.272 e. The van der Waals surface area contributed by atoms with E-state index in [1.807, 2.05) is 18.2 Å². The second kappa shape index (κ2) is 8.92. The van der Waals surface area contributed by atoms with Gasteiger partial charge in [0.05, 0.1) is 11.4 Å². The van der Waals surface area contributed by atoms with Crippen LogP contribution in [-0.4, -0.2) is 26.6 Å². The number of sulfonamides is 1. The molecular formula is C20H23N3O3S. The summed E-state index contributed by atoms with van der Waals surface area (Å²) in [5.74, 6) is -0.291. The molecular weight excluding hydrogens is 362 g/mol. The average Bonchev–Trinajstić information content (AvgIpc) is 2.72. The highest BCUT2D eigenvalue weighted by atomic mass is 32.2. The average molecular weight is 385 g/mol. The first-order valence-electron chi connectivity index (χ1n) is 9.01. The summed E-state index contributed by atoms with van der Waals surface area (Å²) in [6, 6.07) is 18.1. The summed E-state index contributed by atoms with van der Waals surface area (Å²) in [5.41, 5.74) is 4.62. The highest BCUT2D eigenvalue weighted by Crippen LogP contribution is 2.30. The molecule has 0 aliphatic heterocycles. The Morgan fingerprint density at radius 2 is 1.67 bits per heavy atom. The predicted octanol–water partition coefficient (Wildman–Crippen LogP) is 2.79. The number of nitrogens with one attached hydrogen (secondary N) is 2. The van der Waals surface area contributed by atoms with E-state index in [9.17, 15) is 13.2 Å². The smallest absolute Gasteiger partial charge is 0.255 e. The molecule has 7 heteroatoms. The molecule has 0 aromatic heterocycles. The lowest BCUT2D eigenvalue weighted by Gasteiger charge is -2.24. The second-order valence-electron chi connectivity index (χ2n) is 6.48. The number of carbonyl (C=O) groups excluding carboxylic acids is 1. The Bertz CT molecular complexity index is 897. The van der Waals surface area contributed by atoms with Gasteiger partial charge in [-0.2, -0.15) is 5.10 Å². The van der Waals surface area contributed by atoms with E-state index in [0.717, 1.165) is 31.4 Å². The number of hydrazone groups is 1. The van der Waals surface area contributed by atoms with Crippen LogP contribution >= 0.6 is 0 Å². The van der Waals surface area contributed by atoms with Crippen molar-refractivity contribution >= 4 is 21.6 Å². The van der Waals surface area contributed by atoms with Gasteiger partial charge in [0.15, 0.2) is 0 Å². The molecule has 2 N–H and O–H groups in total. The number of benzene rings is 2. The Morgan fingerprint density at radius 3 is 2.37 bits per heavy atom. The zero-order chi connectivity index (χ0) is 19.1. The minimum Gasteiger partial charge on any atom is -0.272 e. The van der Waals surface area contributed by atoms with Crippen LogP contribution in [0.3, 0.4) is 0 Å². The third kappa shape index (κ3) is 5.24. The van der Waals surface area contributed by atoms with Crippen LogP contribution in [0.1, 0.15) is 37.2 Å². The molecule has 0 spiro atoms. The van der Waals surface area contributed by atoms with Crippen molar-refractivity contribution in [2.24, 2.45) is 5.10 Å². The zero-order valence-electron chi connectivity index (χ0n) is 15.0. The maximum atomic E-state index is 12.2. The van der Waals surface area contributed by atoms with E-state index >= 15 is 0 Å². The summed E-state index contributed by atoms with van der Waals surface area (Å²) in [4.78, 5) is 12.2. The van der Waals surface area contributed by atoms with Crippen molar-refractivity contribution in [3.8, 4) is 0 Å². The fraction of sp³-hybridized carbons (Fsp3) is 0.300. The molecule has 1 fully saturated rings. The van der Waals surface area contributed by atoms with Crippen molar-refractivity contribution in [3.05, 3.63) is 66.2 Å². The second-order valence-corrected chi connectivity index (χ2v) is 8.25. The molecule has 0 saturated heterocycles. The van der Waals surface area contributed by atoms with Gasteiger partial charge < -0.3 is 0 Å². The predicted molar refractivity (Wildman–Crippen MR) is 105 cm³/mol. The molecule has 0 radical (unpaired) electrons. The Hall–Kier alpha value is -2.51.